The summed E-state index contributed by atoms with van der Waals surface area (Å²) in [6, 6.07) is 7.48. The molecule has 3 N–H and O–H groups in total. The van der Waals surface area contributed by atoms with E-state index in [-0.39, 0.29) is 0 Å². The molecule has 1 aliphatic heterocycles. The molecule has 3 aromatic heterocycles. The van der Waals surface area contributed by atoms with E-state index >= 15 is 0 Å². The van der Waals surface area contributed by atoms with Crippen LogP contribution in [0.2, 0.25) is 0 Å². The Bertz CT molecular complexity index is 906. The molecule has 0 radical (unpaired) electrons. The minimum Gasteiger partial charge on any atom is -0.457 e. The number of rotatable bonds is 3. The summed E-state index contributed by atoms with van der Waals surface area (Å²) in [4.78, 5) is 31.3. The number of hydrogen-bond acceptors (Lipinski definition) is 6. The van der Waals surface area contributed by atoms with Crippen LogP contribution in [-0.2, 0) is 4.79 Å². The van der Waals surface area contributed by atoms with Crippen molar-refractivity contribution in [3.8, 4) is 0 Å². The number of pyridine rings is 2. The van der Waals surface area contributed by atoms with E-state index in [0.29, 0.717) is 22.7 Å². The van der Waals surface area contributed by atoms with Gasteiger partial charge in [0.2, 0.25) is 0 Å². The molecule has 0 bridgehead atoms. The number of urea groups is 1. The van der Waals surface area contributed by atoms with Gasteiger partial charge in [-0.05, 0) is 24.3 Å². The smallest absolute Gasteiger partial charge is 0.322 e. The van der Waals surface area contributed by atoms with Crippen LogP contribution < -0.4 is 16.0 Å². The van der Waals surface area contributed by atoms with Gasteiger partial charge >= 0.3 is 6.03 Å². The van der Waals surface area contributed by atoms with Crippen LogP contribution in [0.25, 0.3) is 11.1 Å². The number of imide groups is 1. The Labute approximate surface area is 129 Å². The van der Waals surface area contributed by atoms with E-state index in [1.807, 2.05) is 12.1 Å². The summed E-state index contributed by atoms with van der Waals surface area (Å²) in [5.41, 5.74) is 1.93. The van der Waals surface area contributed by atoms with Gasteiger partial charge in [-0.25, -0.2) is 9.78 Å². The topological polar surface area (TPSA) is 109 Å². The van der Waals surface area contributed by atoms with Crippen molar-refractivity contribution in [2.75, 3.05) is 5.32 Å². The van der Waals surface area contributed by atoms with Crippen molar-refractivity contribution < 1.29 is 14.0 Å². The maximum Gasteiger partial charge on any atom is 0.322 e. The van der Waals surface area contributed by atoms with Crippen molar-refractivity contribution >= 4 is 34.5 Å². The number of fused-ring (bicyclic) bond motifs is 1. The van der Waals surface area contributed by atoms with E-state index < -0.39 is 18.0 Å². The first-order valence-corrected chi connectivity index (χ1v) is 6.88. The van der Waals surface area contributed by atoms with E-state index in [1.54, 1.807) is 30.6 Å². The van der Waals surface area contributed by atoms with Gasteiger partial charge < -0.3 is 15.1 Å². The number of anilines is 2. The highest BCUT2D eigenvalue weighted by atomic mass is 16.3. The van der Waals surface area contributed by atoms with Gasteiger partial charge in [0.15, 0.2) is 11.6 Å². The summed E-state index contributed by atoms with van der Waals surface area (Å²) in [6.07, 6.45) is 3.37. The van der Waals surface area contributed by atoms with Gasteiger partial charge in [-0.1, -0.05) is 0 Å². The van der Waals surface area contributed by atoms with Gasteiger partial charge in [0.1, 0.15) is 17.1 Å². The predicted octanol–water partition coefficient (Wildman–Crippen LogP) is 1.85. The number of nitrogens with one attached hydrogen (secondary N) is 3. The van der Waals surface area contributed by atoms with Crippen molar-refractivity contribution in [1.82, 2.24) is 20.6 Å². The average Bonchev–Trinajstić information content (AvgIpc) is 3.10. The zero-order valence-corrected chi connectivity index (χ0v) is 11.7. The second kappa shape index (κ2) is 5.09. The lowest BCUT2D eigenvalue weighted by molar-refractivity contribution is -0.120. The van der Waals surface area contributed by atoms with E-state index in [9.17, 15) is 9.59 Å². The maximum atomic E-state index is 11.7. The molecule has 0 saturated carbocycles. The third kappa shape index (κ3) is 2.46. The summed E-state index contributed by atoms with van der Waals surface area (Å²) < 4.78 is 5.60. The van der Waals surface area contributed by atoms with Crippen LogP contribution in [0.1, 0.15) is 11.8 Å². The van der Waals surface area contributed by atoms with Crippen LogP contribution in [0.5, 0.6) is 0 Å². The van der Waals surface area contributed by atoms with E-state index in [1.165, 1.54) is 0 Å². The number of carbonyl (C=O) groups excluding carboxylic acids is 2. The highest BCUT2D eigenvalue weighted by Gasteiger charge is 2.33. The molecule has 0 aliphatic carbocycles. The van der Waals surface area contributed by atoms with Gasteiger partial charge in [-0.15, -0.1) is 0 Å². The zero-order chi connectivity index (χ0) is 15.8. The van der Waals surface area contributed by atoms with Crippen LogP contribution in [-0.4, -0.2) is 21.9 Å². The summed E-state index contributed by atoms with van der Waals surface area (Å²) in [6.45, 7) is 0. The maximum absolute atomic E-state index is 11.7. The Morgan fingerprint density at radius 3 is 2.87 bits per heavy atom. The number of hydrogen-bond donors (Lipinski definition) is 3. The third-order valence-corrected chi connectivity index (χ3v) is 3.39. The summed E-state index contributed by atoms with van der Waals surface area (Å²) in [5, 5.41) is 7.78. The molecule has 3 aromatic rings. The first-order chi connectivity index (χ1) is 11.2. The minimum atomic E-state index is -0.827. The highest BCUT2D eigenvalue weighted by Crippen LogP contribution is 2.26. The second-order valence-electron chi connectivity index (χ2n) is 4.99. The Kier molecular flexibility index (Phi) is 2.94. The standard InChI is InChI=1S/C15H11N5O3/c21-14-13(19-15(22)20-14)11-6-9-10(23-11)3-4-12(18-9)17-8-2-1-5-16-7-8/h1-7,13H,(H,17,18)(H2,19,20,21,22). The molecule has 1 atom stereocenters. The molecule has 1 unspecified atom stereocenters. The number of aromatic nitrogens is 2. The molecule has 8 nitrogen and oxygen atoms in total. The predicted molar refractivity (Wildman–Crippen MR) is 80.9 cm³/mol. The highest BCUT2D eigenvalue weighted by molar-refractivity contribution is 6.04. The Hall–Kier alpha value is -3.42. The number of nitrogens with zero attached hydrogens (tertiary/aromatic N) is 2. The first kappa shape index (κ1) is 13.3. The van der Waals surface area contributed by atoms with E-state index in [0.717, 1.165) is 5.69 Å². The Morgan fingerprint density at radius 2 is 2.13 bits per heavy atom. The summed E-state index contributed by atoms with van der Waals surface area (Å²) in [5.74, 6) is 0.523. The Morgan fingerprint density at radius 1 is 1.22 bits per heavy atom. The quantitative estimate of drug-likeness (QED) is 0.637. The summed E-state index contributed by atoms with van der Waals surface area (Å²) in [7, 11) is 0. The molecule has 8 heteroatoms. The number of furan rings is 1. The molecular formula is C15H11N5O3. The van der Waals surface area contributed by atoms with Crippen molar-refractivity contribution in [3.63, 3.8) is 0 Å². The fourth-order valence-electron chi connectivity index (χ4n) is 2.36. The van der Waals surface area contributed by atoms with Crippen molar-refractivity contribution in [2.24, 2.45) is 0 Å². The molecule has 1 fully saturated rings. The molecule has 4 rings (SSSR count). The fourth-order valence-corrected chi connectivity index (χ4v) is 2.36. The molecule has 3 amide bonds. The van der Waals surface area contributed by atoms with Gasteiger partial charge in [0.25, 0.3) is 5.91 Å². The van der Waals surface area contributed by atoms with Crippen LogP contribution in [0, 0.1) is 0 Å². The Balaban J connectivity index is 1.64. The van der Waals surface area contributed by atoms with Crippen molar-refractivity contribution in [1.29, 1.82) is 0 Å². The number of amides is 3. The lowest BCUT2D eigenvalue weighted by atomic mass is 10.2. The van der Waals surface area contributed by atoms with Gasteiger partial charge in [-0.3, -0.25) is 15.1 Å². The van der Waals surface area contributed by atoms with Crippen LogP contribution in [0.3, 0.4) is 0 Å². The first-order valence-electron chi connectivity index (χ1n) is 6.88. The van der Waals surface area contributed by atoms with Crippen LogP contribution in [0.4, 0.5) is 16.3 Å². The molecule has 0 spiro atoms. The fraction of sp³-hybridized carbons (Fsp3) is 0.0667. The minimum absolute atomic E-state index is 0.342. The molecule has 1 aliphatic rings. The van der Waals surface area contributed by atoms with E-state index in [4.69, 9.17) is 4.42 Å². The molecule has 114 valence electrons. The molecule has 23 heavy (non-hydrogen) atoms. The average molecular weight is 309 g/mol. The summed E-state index contributed by atoms with van der Waals surface area (Å²) >= 11 is 0. The second-order valence-corrected chi connectivity index (χ2v) is 4.99. The molecule has 4 heterocycles. The number of carbonyl (C=O) groups is 2. The van der Waals surface area contributed by atoms with Gasteiger partial charge in [0.05, 0.1) is 11.9 Å². The largest absolute Gasteiger partial charge is 0.457 e. The lowest BCUT2D eigenvalue weighted by Gasteiger charge is -2.03. The van der Waals surface area contributed by atoms with E-state index in [2.05, 4.69) is 25.9 Å². The third-order valence-electron chi connectivity index (χ3n) is 3.39. The zero-order valence-electron chi connectivity index (χ0n) is 11.7. The van der Waals surface area contributed by atoms with Crippen molar-refractivity contribution in [3.05, 3.63) is 48.5 Å². The molecular weight excluding hydrogens is 298 g/mol. The SMILES string of the molecule is O=C1NC(=O)C(c2cc3nc(Nc4cccnc4)ccc3o2)N1. The lowest BCUT2D eigenvalue weighted by Crippen LogP contribution is -2.22. The van der Waals surface area contributed by atoms with Crippen LogP contribution in [0.15, 0.2) is 47.1 Å². The van der Waals surface area contributed by atoms with Gasteiger partial charge in [0, 0.05) is 12.3 Å². The van der Waals surface area contributed by atoms with Crippen LogP contribution >= 0.6 is 0 Å². The molecule has 1 saturated heterocycles. The van der Waals surface area contributed by atoms with Gasteiger partial charge in [-0.2, -0.15) is 0 Å². The normalized spacial score (nSPS) is 17.1. The monoisotopic (exact) mass is 309 g/mol. The van der Waals surface area contributed by atoms with Crippen molar-refractivity contribution in [2.45, 2.75) is 6.04 Å². The molecule has 0 aromatic carbocycles.